The van der Waals surface area contributed by atoms with E-state index in [1.807, 2.05) is 16.9 Å². The van der Waals surface area contributed by atoms with Crippen LogP contribution in [0.5, 0.6) is 0 Å². The maximum absolute atomic E-state index is 5.60. The molecule has 2 N–H and O–H groups in total. The molecule has 0 radical (unpaired) electrons. The first-order valence-electron chi connectivity index (χ1n) is 6.79. The van der Waals surface area contributed by atoms with Crippen molar-refractivity contribution in [1.29, 1.82) is 0 Å². The summed E-state index contributed by atoms with van der Waals surface area (Å²) in [7, 11) is 2.22. The minimum absolute atomic E-state index is 0.608. The fourth-order valence-corrected chi connectivity index (χ4v) is 2.65. The van der Waals surface area contributed by atoms with Crippen molar-refractivity contribution >= 4 is 5.82 Å². The Kier molecular flexibility index (Phi) is 4.24. The van der Waals surface area contributed by atoms with Crippen molar-refractivity contribution < 1.29 is 0 Å². The largest absolute Gasteiger partial charge is 0.382 e. The summed E-state index contributed by atoms with van der Waals surface area (Å²) in [5, 5.41) is 4.20. The van der Waals surface area contributed by atoms with Gasteiger partial charge in [0, 0.05) is 44.5 Å². The molecule has 1 aromatic rings. The van der Waals surface area contributed by atoms with Crippen LogP contribution in [0.2, 0.25) is 0 Å². The van der Waals surface area contributed by atoms with Gasteiger partial charge in [0.15, 0.2) is 0 Å². The SMILES string of the molecule is CC1CN(CCCn2ccc(N)n2)CC(C)N1C. The van der Waals surface area contributed by atoms with E-state index in [1.165, 1.54) is 13.1 Å². The number of nitrogen functional groups attached to an aromatic ring is 1. The lowest BCUT2D eigenvalue weighted by Gasteiger charge is -2.42. The normalized spacial score (nSPS) is 26.6. The molecule has 18 heavy (non-hydrogen) atoms. The fourth-order valence-electron chi connectivity index (χ4n) is 2.65. The van der Waals surface area contributed by atoms with Crippen LogP contribution in [-0.2, 0) is 6.54 Å². The number of hydrogen-bond donors (Lipinski definition) is 1. The third-order valence-electron chi connectivity index (χ3n) is 3.96. The number of aromatic nitrogens is 2. The van der Waals surface area contributed by atoms with E-state index >= 15 is 0 Å². The van der Waals surface area contributed by atoms with Gasteiger partial charge in [-0.15, -0.1) is 0 Å². The van der Waals surface area contributed by atoms with E-state index in [2.05, 4.69) is 35.8 Å². The molecule has 0 saturated carbocycles. The van der Waals surface area contributed by atoms with Gasteiger partial charge in [-0.1, -0.05) is 0 Å². The summed E-state index contributed by atoms with van der Waals surface area (Å²) >= 11 is 0. The van der Waals surface area contributed by atoms with E-state index in [-0.39, 0.29) is 0 Å². The Labute approximate surface area is 110 Å². The Morgan fingerprint density at radius 3 is 2.50 bits per heavy atom. The Hall–Kier alpha value is -1.07. The number of hydrogen-bond acceptors (Lipinski definition) is 4. The molecule has 2 atom stereocenters. The summed E-state index contributed by atoms with van der Waals surface area (Å²) in [6.45, 7) is 9.03. The van der Waals surface area contributed by atoms with Crippen LogP contribution in [0.1, 0.15) is 20.3 Å². The summed E-state index contributed by atoms with van der Waals surface area (Å²) in [4.78, 5) is 5.02. The van der Waals surface area contributed by atoms with Gasteiger partial charge in [0.2, 0.25) is 0 Å². The van der Waals surface area contributed by atoms with Gasteiger partial charge in [0.1, 0.15) is 5.82 Å². The Balaban J connectivity index is 1.74. The minimum Gasteiger partial charge on any atom is -0.382 e. The first kappa shape index (κ1) is 13.4. The number of anilines is 1. The van der Waals surface area contributed by atoms with E-state index in [4.69, 9.17) is 5.73 Å². The predicted molar refractivity (Wildman–Crippen MR) is 74.4 cm³/mol. The second kappa shape index (κ2) is 5.71. The van der Waals surface area contributed by atoms with E-state index < -0.39 is 0 Å². The molecule has 1 fully saturated rings. The van der Waals surface area contributed by atoms with Gasteiger partial charge in [0.25, 0.3) is 0 Å². The molecule has 1 saturated heterocycles. The average Bonchev–Trinajstić information content (AvgIpc) is 2.72. The highest BCUT2D eigenvalue weighted by molar-refractivity contribution is 5.23. The number of piperazine rings is 1. The summed E-state index contributed by atoms with van der Waals surface area (Å²) in [5.74, 6) is 0.608. The summed E-state index contributed by atoms with van der Waals surface area (Å²) in [5.41, 5.74) is 5.60. The predicted octanol–water partition coefficient (Wildman–Crippen LogP) is 0.880. The molecule has 1 aliphatic heterocycles. The maximum Gasteiger partial charge on any atom is 0.145 e. The molecule has 0 spiro atoms. The molecule has 0 aromatic carbocycles. The molecule has 0 amide bonds. The summed E-state index contributed by atoms with van der Waals surface area (Å²) in [6.07, 6.45) is 3.08. The lowest BCUT2D eigenvalue weighted by Crippen LogP contribution is -2.55. The van der Waals surface area contributed by atoms with E-state index in [9.17, 15) is 0 Å². The van der Waals surface area contributed by atoms with Crippen molar-refractivity contribution in [3.05, 3.63) is 12.3 Å². The van der Waals surface area contributed by atoms with Crippen molar-refractivity contribution in [3.8, 4) is 0 Å². The van der Waals surface area contributed by atoms with Crippen LogP contribution in [0.4, 0.5) is 5.82 Å². The van der Waals surface area contributed by atoms with Crippen LogP contribution < -0.4 is 5.73 Å². The van der Waals surface area contributed by atoms with Crippen molar-refractivity contribution in [2.75, 3.05) is 32.4 Å². The first-order valence-corrected chi connectivity index (χ1v) is 6.79. The third-order valence-corrected chi connectivity index (χ3v) is 3.96. The molecule has 102 valence electrons. The molecule has 1 aliphatic rings. The maximum atomic E-state index is 5.60. The molecular weight excluding hydrogens is 226 g/mol. The standard InChI is InChI=1S/C13H25N5/c1-11-9-17(10-12(2)16(11)3)6-4-7-18-8-5-13(14)15-18/h5,8,11-12H,4,6-7,9-10H2,1-3H3,(H2,14,15). The van der Waals surface area contributed by atoms with Crippen LogP contribution >= 0.6 is 0 Å². The molecule has 1 aromatic heterocycles. The van der Waals surface area contributed by atoms with Crippen molar-refractivity contribution in [3.63, 3.8) is 0 Å². The number of aryl methyl sites for hydroxylation is 1. The van der Waals surface area contributed by atoms with Crippen molar-refractivity contribution in [2.24, 2.45) is 0 Å². The number of likely N-dealkylation sites (N-methyl/N-ethyl adjacent to an activating group) is 1. The van der Waals surface area contributed by atoms with Crippen molar-refractivity contribution in [2.45, 2.75) is 38.9 Å². The van der Waals surface area contributed by atoms with E-state index in [1.54, 1.807) is 0 Å². The smallest absolute Gasteiger partial charge is 0.145 e. The lowest BCUT2D eigenvalue weighted by molar-refractivity contribution is 0.0587. The number of nitrogens with zero attached hydrogens (tertiary/aromatic N) is 4. The van der Waals surface area contributed by atoms with Gasteiger partial charge < -0.3 is 10.6 Å². The van der Waals surface area contributed by atoms with Gasteiger partial charge in [-0.05, 0) is 33.4 Å². The molecule has 2 rings (SSSR count). The Bertz CT molecular complexity index is 363. The molecule has 2 unspecified atom stereocenters. The average molecular weight is 251 g/mol. The highest BCUT2D eigenvalue weighted by atomic mass is 15.3. The molecule has 5 heteroatoms. The Morgan fingerprint density at radius 1 is 1.28 bits per heavy atom. The van der Waals surface area contributed by atoms with Crippen LogP contribution in [0.3, 0.4) is 0 Å². The molecule has 0 aliphatic carbocycles. The second-order valence-corrected chi connectivity index (χ2v) is 5.48. The Morgan fingerprint density at radius 2 is 1.94 bits per heavy atom. The molecule has 5 nitrogen and oxygen atoms in total. The van der Waals surface area contributed by atoms with E-state index in [0.29, 0.717) is 17.9 Å². The van der Waals surface area contributed by atoms with Gasteiger partial charge >= 0.3 is 0 Å². The van der Waals surface area contributed by atoms with Crippen molar-refractivity contribution in [1.82, 2.24) is 19.6 Å². The lowest BCUT2D eigenvalue weighted by atomic mass is 10.1. The molecule has 0 bridgehead atoms. The molecular formula is C13H25N5. The first-order chi connectivity index (χ1) is 8.56. The zero-order chi connectivity index (χ0) is 13.1. The highest BCUT2D eigenvalue weighted by Crippen LogP contribution is 2.13. The number of rotatable bonds is 4. The zero-order valence-electron chi connectivity index (χ0n) is 11.7. The second-order valence-electron chi connectivity index (χ2n) is 5.48. The van der Waals surface area contributed by atoms with Crippen LogP contribution in [0, 0.1) is 0 Å². The zero-order valence-corrected chi connectivity index (χ0v) is 11.7. The van der Waals surface area contributed by atoms with Crippen LogP contribution in [-0.4, -0.2) is 58.3 Å². The molecule has 2 heterocycles. The number of nitrogens with two attached hydrogens (primary N) is 1. The minimum atomic E-state index is 0.608. The van der Waals surface area contributed by atoms with E-state index in [0.717, 1.165) is 19.5 Å². The third kappa shape index (κ3) is 3.23. The van der Waals surface area contributed by atoms with Gasteiger partial charge in [-0.3, -0.25) is 9.58 Å². The van der Waals surface area contributed by atoms with Gasteiger partial charge in [-0.25, -0.2) is 0 Å². The monoisotopic (exact) mass is 251 g/mol. The topological polar surface area (TPSA) is 50.3 Å². The summed E-state index contributed by atoms with van der Waals surface area (Å²) in [6, 6.07) is 3.14. The van der Waals surface area contributed by atoms with Crippen LogP contribution in [0.25, 0.3) is 0 Å². The summed E-state index contributed by atoms with van der Waals surface area (Å²) < 4.78 is 1.93. The van der Waals surface area contributed by atoms with Gasteiger partial charge in [0.05, 0.1) is 0 Å². The van der Waals surface area contributed by atoms with Crippen LogP contribution in [0.15, 0.2) is 12.3 Å². The highest BCUT2D eigenvalue weighted by Gasteiger charge is 2.25. The fraction of sp³-hybridized carbons (Fsp3) is 0.769. The quantitative estimate of drug-likeness (QED) is 0.863. The van der Waals surface area contributed by atoms with Gasteiger partial charge in [-0.2, -0.15) is 5.10 Å².